The first-order chi connectivity index (χ1) is 9.97. The van der Waals surface area contributed by atoms with E-state index in [4.69, 9.17) is 23.2 Å². The Morgan fingerprint density at radius 1 is 1.19 bits per heavy atom. The van der Waals surface area contributed by atoms with Crippen molar-refractivity contribution in [2.24, 2.45) is 0 Å². The molecule has 1 aliphatic heterocycles. The molecule has 0 spiro atoms. The van der Waals surface area contributed by atoms with Crippen LogP contribution < -0.4 is 5.32 Å². The lowest BCUT2D eigenvalue weighted by Crippen LogP contribution is -2.47. The summed E-state index contributed by atoms with van der Waals surface area (Å²) >= 11 is 11.0. The van der Waals surface area contributed by atoms with Crippen LogP contribution in [0.2, 0.25) is 0 Å². The molecule has 0 atom stereocenters. The number of carbonyl (C=O) groups excluding carboxylic acids is 2. The second-order valence-electron chi connectivity index (χ2n) is 5.24. The van der Waals surface area contributed by atoms with Crippen molar-refractivity contribution in [3.05, 3.63) is 35.4 Å². The molecule has 1 heterocycles. The zero-order valence-corrected chi connectivity index (χ0v) is 13.3. The zero-order chi connectivity index (χ0) is 15.4. The summed E-state index contributed by atoms with van der Waals surface area (Å²) in [7, 11) is 0. The molecule has 1 aromatic carbocycles. The van der Waals surface area contributed by atoms with E-state index in [0.717, 1.165) is 5.56 Å². The van der Waals surface area contributed by atoms with Crippen molar-refractivity contribution in [1.29, 1.82) is 0 Å². The Morgan fingerprint density at radius 3 is 2.29 bits per heavy atom. The molecule has 0 saturated carbocycles. The molecule has 1 N–H and O–H groups in total. The third-order valence-corrected chi connectivity index (χ3v) is 4.02. The smallest absolute Gasteiger partial charge is 0.253 e. The SMILES string of the molecule is Cc1ccc(C(=O)N2CCC(NC(=O)C(Cl)Cl)CC2)cc1. The van der Waals surface area contributed by atoms with Crippen LogP contribution >= 0.6 is 23.2 Å². The van der Waals surface area contributed by atoms with Crippen molar-refractivity contribution in [2.45, 2.75) is 30.6 Å². The molecule has 0 aliphatic carbocycles. The molecule has 0 radical (unpaired) electrons. The lowest BCUT2D eigenvalue weighted by molar-refractivity contribution is -0.120. The van der Waals surface area contributed by atoms with Crippen LogP contribution in [0.5, 0.6) is 0 Å². The predicted octanol–water partition coefficient (Wildman–Crippen LogP) is 2.52. The van der Waals surface area contributed by atoms with Crippen molar-refractivity contribution in [3.63, 3.8) is 0 Å². The highest BCUT2D eigenvalue weighted by molar-refractivity contribution is 6.53. The van der Waals surface area contributed by atoms with Gasteiger partial charge in [-0.1, -0.05) is 40.9 Å². The molecule has 0 bridgehead atoms. The van der Waals surface area contributed by atoms with Gasteiger partial charge in [0.1, 0.15) is 0 Å². The summed E-state index contributed by atoms with van der Waals surface area (Å²) in [6, 6.07) is 7.58. The van der Waals surface area contributed by atoms with Gasteiger partial charge in [-0.3, -0.25) is 9.59 Å². The van der Waals surface area contributed by atoms with Gasteiger partial charge in [0.2, 0.25) is 0 Å². The molecule has 2 rings (SSSR count). The van der Waals surface area contributed by atoms with Crippen LogP contribution in [0.25, 0.3) is 0 Å². The lowest BCUT2D eigenvalue weighted by Gasteiger charge is -2.32. The number of nitrogens with zero attached hydrogens (tertiary/aromatic N) is 1. The average molecular weight is 329 g/mol. The predicted molar refractivity (Wildman–Crippen MR) is 83.7 cm³/mol. The van der Waals surface area contributed by atoms with Gasteiger partial charge in [-0.15, -0.1) is 0 Å². The van der Waals surface area contributed by atoms with Crippen molar-refractivity contribution < 1.29 is 9.59 Å². The molecular formula is C15H18Cl2N2O2. The minimum Gasteiger partial charge on any atom is -0.351 e. The first kappa shape index (κ1) is 16.1. The number of carbonyl (C=O) groups is 2. The molecule has 1 aromatic rings. The number of likely N-dealkylation sites (tertiary alicyclic amines) is 1. The topological polar surface area (TPSA) is 49.4 Å². The largest absolute Gasteiger partial charge is 0.351 e. The molecular weight excluding hydrogens is 311 g/mol. The van der Waals surface area contributed by atoms with Crippen LogP contribution in [0.1, 0.15) is 28.8 Å². The van der Waals surface area contributed by atoms with E-state index in [-0.39, 0.29) is 17.9 Å². The van der Waals surface area contributed by atoms with Gasteiger partial charge in [-0.2, -0.15) is 0 Å². The molecule has 6 heteroatoms. The highest BCUT2D eigenvalue weighted by Crippen LogP contribution is 2.15. The first-order valence-electron chi connectivity index (χ1n) is 6.92. The summed E-state index contributed by atoms with van der Waals surface area (Å²) in [5, 5.41) is 2.78. The van der Waals surface area contributed by atoms with Gasteiger partial charge in [0.05, 0.1) is 0 Å². The van der Waals surface area contributed by atoms with E-state index >= 15 is 0 Å². The minimum absolute atomic E-state index is 0.0274. The number of alkyl halides is 2. The Balaban J connectivity index is 1.87. The molecule has 0 aromatic heterocycles. The number of nitrogens with one attached hydrogen (secondary N) is 1. The Bertz CT molecular complexity index is 509. The van der Waals surface area contributed by atoms with Crippen molar-refractivity contribution in [2.75, 3.05) is 13.1 Å². The summed E-state index contributed by atoms with van der Waals surface area (Å²) < 4.78 is 0. The van der Waals surface area contributed by atoms with Gasteiger partial charge in [-0.25, -0.2) is 0 Å². The molecule has 1 aliphatic rings. The van der Waals surface area contributed by atoms with E-state index < -0.39 is 4.84 Å². The second-order valence-corrected chi connectivity index (χ2v) is 6.34. The van der Waals surface area contributed by atoms with Crippen LogP contribution in [-0.4, -0.2) is 40.7 Å². The van der Waals surface area contributed by atoms with Gasteiger partial charge in [0, 0.05) is 24.7 Å². The zero-order valence-electron chi connectivity index (χ0n) is 11.8. The van der Waals surface area contributed by atoms with E-state index in [9.17, 15) is 9.59 Å². The van der Waals surface area contributed by atoms with Crippen LogP contribution in [0.4, 0.5) is 0 Å². The normalized spacial score (nSPS) is 16.1. The summed E-state index contributed by atoms with van der Waals surface area (Å²) in [4.78, 5) is 24.5. The van der Waals surface area contributed by atoms with E-state index in [1.54, 1.807) is 0 Å². The average Bonchev–Trinajstić information content (AvgIpc) is 2.48. The molecule has 1 fully saturated rings. The van der Waals surface area contributed by atoms with Crippen LogP contribution in [-0.2, 0) is 4.79 Å². The summed E-state index contributed by atoms with van der Waals surface area (Å²) in [6.07, 6.45) is 1.42. The Labute approximate surface area is 134 Å². The monoisotopic (exact) mass is 328 g/mol. The fourth-order valence-corrected chi connectivity index (χ4v) is 2.50. The van der Waals surface area contributed by atoms with Gasteiger partial charge >= 0.3 is 0 Å². The number of rotatable bonds is 3. The van der Waals surface area contributed by atoms with E-state index in [0.29, 0.717) is 31.5 Å². The number of hydrogen-bond donors (Lipinski definition) is 1. The number of amides is 2. The molecule has 114 valence electrons. The maximum absolute atomic E-state index is 12.3. The highest BCUT2D eigenvalue weighted by Gasteiger charge is 2.25. The molecule has 2 amide bonds. The van der Waals surface area contributed by atoms with Crippen molar-refractivity contribution in [1.82, 2.24) is 10.2 Å². The Kier molecular flexibility index (Phi) is 5.48. The van der Waals surface area contributed by atoms with Gasteiger partial charge in [0.15, 0.2) is 4.84 Å². The summed E-state index contributed by atoms with van der Waals surface area (Å²) in [5.41, 5.74) is 1.83. The number of halogens is 2. The molecule has 1 saturated heterocycles. The Hall–Kier alpha value is -1.26. The standard InChI is InChI=1S/C15H18Cl2N2O2/c1-10-2-4-11(5-3-10)15(21)19-8-6-12(7-9-19)18-14(20)13(16)17/h2-5,12-13H,6-9H2,1H3,(H,18,20). The molecule has 21 heavy (non-hydrogen) atoms. The summed E-state index contributed by atoms with van der Waals surface area (Å²) in [6.45, 7) is 3.23. The quantitative estimate of drug-likeness (QED) is 0.867. The second kappa shape index (κ2) is 7.14. The number of aryl methyl sites for hydroxylation is 1. The fourth-order valence-electron chi connectivity index (χ4n) is 2.37. The van der Waals surface area contributed by atoms with Crippen LogP contribution in [0.3, 0.4) is 0 Å². The molecule has 4 nitrogen and oxygen atoms in total. The summed E-state index contributed by atoms with van der Waals surface area (Å²) in [5.74, 6) is -0.339. The van der Waals surface area contributed by atoms with Crippen LogP contribution in [0.15, 0.2) is 24.3 Å². The first-order valence-corrected chi connectivity index (χ1v) is 7.79. The number of piperidine rings is 1. The maximum Gasteiger partial charge on any atom is 0.253 e. The number of hydrogen-bond acceptors (Lipinski definition) is 2. The van der Waals surface area contributed by atoms with Crippen molar-refractivity contribution in [3.8, 4) is 0 Å². The third kappa shape index (κ3) is 4.35. The van der Waals surface area contributed by atoms with Gasteiger partial charge in [0.25, 0.3) is 11.8 Å². The van der Waals surface area contributed by atoms with Crippen molar-refractivity contribution >= 4 is 35.0 Å². The highest BCUT2D eigenvalue weighted by atomic mass is 35.5. The van der Waals surface area contributed by atoms with E-state index in [1.165, 1.54) is 0 Å². The fraction of sp³-hybridized carbons (Fsp3) is 0.467. The van der Waals surface area contributed by atoms with E-state index in [1.807, 2.05) is 36.1 Å². The van der Waals surface area contributed by atoms with Gasteiger partial charge < -0.3 is 10.2 Å². The van der Waals surface area contributed by atoms with E-state index in [2.05, 4.69) is 5.32 Å². The minimum atomic E-state index is -1.04. The number of benzene rings is 1. The lowest BCUT2D eigenvalue weighted by atomic mass is 10.0. The third-order valence-electron chi connectivity index (χ3n) is 3.63. The maximum atomic E-state index is 12.3. The molecule has 0 unspecified atom stereocenters. The Morgan fingerprint density at radius 2 is 1.76 bits per heavy atom. The van der Waals surface area contributed by atoms with Gasteiger partial charge in [-0.05, 0) is 31.9 Å². The van der Waals surface area contributed by atoms with Crippen LogP contribution in [0, 0.1) is 6.92 Å².